The molecule has 0 saturated carbocycles. The molecule has 7 heteroatoms. The van der Waals surface area contributed by atoms with Gasteiger partial charge >= 0.3 is 0 Å². The third kappa shape index (κ3) is 4.71. The Kier molecular flexibility index (Phi) is 6.26. The summed E-state index contributed by atoms with van der Waals surface area (Å²) < 4.78 is 0.825. The Morgan fingerprint density at radius 3 is 2.82 bits per heavy atom. The summed E-state index contributed by atoms with van der Waals surface area (Å²) in [7, 11) is 0. The molecule has 1 aromatic heterocycles. The number of piperidine rings is 1. The minimum absolute atomic E-state index is 0.127. The Morgan fingerprint density at radius 1 is 1.50 bits per heavy atom. The van der Waals surface area contributed by atoms with Crippen molar-refractivity contribution in [1.82, 2.24) is 15.1 Å². The van der Waals surface area contributed by atoms with Crippen LogP contribution in [0, 0.1) is 11.8 Å². The molecule has 0 aliphatic carbocycles. The number of hydrogen-bond donors (Lipinski definition) is 1. The van der Waals surface area contributed by atoms with Gasteiger partial charge in [-0.2, -0.15) is 0 Å². The van der Waals surface area contributed by atoms with Crippen LogP contribution >= 0.6 is 23.1 Å². The highest BCUT2D eigenvalue weighted by atomic mass is 32.2. The third-order valence-corrected chi connectivity index (χ3v) is 5.66. The number of nitrogens with zero attached hydrogens (tertiary/aromatic N) is 3. The molecule has 1 saturated heterocycles. The topological polar surface area (TPSA) is 58.1 Å². The average molecular weight is 341 g/mol. The molecule has 1 aromatic rings. The maximum absolute atomic E-state index is 12.6. The smallest absolute Gasteiger partial charge is 0.235 e. The Morgan fingerprint density at radius 2 is 2.18 bits per heavy atom. The molecule has 0 radical (unpaired) electrons. The van der Waals surface area contributed by atoms with E-state index in [1.807, 2.05) is 11.8 Å². The van der Waals surface area contributed by atoms with Gasteiger partial charge in [-0.25, -0.2) is 0 Å². The van der Waals surface area contributed by atoms with Crippen LogP contribution < -0.4 is 5.32 Å². The molecule has 1 N–H and O–H groups in total. The van der Waals surface area contributed by atoms with Gasteiger partial charge in [-0.05, 0) is 25.2 Å². The quantitative estimate of drug-likeness (QED) is 0.637. The van der Waals surface area contributed by atoms with E-state index in [0.717, 1.165) is 22.6 Å². The predicted octanol–water partition coefficient (Wildman–Crippen LogP) is 3.12. The molecular weight excluding hydrogens is 316 g/mol. The van der Waals surface area contributed by atoms with Crippen LogP contribution in [-0.4, -0.2) is 45.9 Å². The average Bonchev–Trinajstić information content (AvgIpc) is 2.90. The van der Waals surface area contributed by atoms with Gasteiger partial charge in [0.2, 0.25) is 11.0 Å². The number of thioether (sulfide) groups is 1. The first kappa shape index (κ1) is 17.3. The monoisotopic (exact) mass is 340 g/mol. The molecule has 2 heterocycles. The summed E-state index contributed by atoms with van der Waals surface area (Å²) in [5, 5.41) is 11.9. The Labute approximate surface area is 140 Å². The maximum Gasteiger partial charge on any atom is 0.235 e. The molecule has 1 amide bonds. The van der Waals surface area contributed by atoms with Crippen LogP contribution in [0.15, 0.2) is 17.0 Å². The molecule has 3 atom stereocenters. The summed E-state index contributed by atoms with van der Waals surface area (Å²) in [6.45, 7) is 12.5. The molecule has 1 aliphatic rings. The normalized spacial score (nSPS) is 23.1. The van der Waals surface area contributed by atoms with Crippen molar-refractivity contribution >= 4 is 34.1 Å². The summed E-state index contributed by atoms with van der Waals surface area (Å²) >= 11 is 2.97. The van der Waals surface area contributed by atoms with Gasteiger partial charge in [0.25, 0.3) is 0 Å². The molecule has 5 nitrogen and oxygen atoms in total. The van der Waals surface area contributed by atoms with Crippen LogP contribution in [0.3, 0.4) is 0 Å². The molecule has 1 fully saturated rings. The second-order valence-corrected chi connectivity index (χ2v) is 8.56. The highest BCUT2D eigenvalue weighted by Crippen LogP contribution is 2.31. The first-order chi connectivity index (χ1) is 10.5. The van der Waals surface area contributed by atoms with Crippen LogP contribution in [0.25, 0.3) is 0 Å². The zero-order chi connectivity index (χ0) is 16.1. The van der Waals surface area contributed by atoms with Gasteiger partial charge in [0, 0.05) is 19.6 Å². The van der Waals surface area contributed by atoms with Crippen LogP contribution in [-0.2, 0) is 4.79 Å². The highest BCUT2D eigenvalue weighted by molar-refractivity contribution is 8.02. The van der Waals surface area contributed by atoms with E-state index in [0.29, 0.717) is 18.4 Å². The van der Waals surface area contributed by atoms with Gasteiger partial charge in [0.1, 0.15) is 0 Å². The Bertz CT molecular complexity index is 509. The van der Waals surface area contributed by atoms with Gasteiger partial charge in [-0.15, -0.1) is 16.8 Å². The molecule has 3 unspecified atom stereocenters. The fourth-order valence-electron chi connectivity index (χ4n) is 2.79. The lowest BCUT2D eigenvalue weighted by Gasteiger charge is -2.36. The van der Waals surface area contributed by atoms with Crippen molar-refractivity contribution in [3.05, 3.63) is 12.7 Å². The zero-order valence-corrected chi connectivity index (χ0v) is 15.0. The number of likely N-dealkylation sites (tertiary alicyclic amines) is 1. The lowest BCUT2D eigenvalue weighted by Crippen LogP contribution is -2.45. The number of aromatic nitrogens is 2. The summed E-state index contributed by atoms with van der Waals surface area (Å²) in [4.78, 5) is 14.6. The van der Waals surface area contributed by atoms with Crippen molar-refractivity contribution in [2.75, 3.05) is 25.0 Å². The third-order valence-electron chi connectivity index (χ3n) is 3.61. The van der Waals surface area contributed by atoms with Crippen LogP contribution in [0.1, 0.15) is 27.2 Å². The van der Waals surface area contributed by atoms with E-state index >= 15 is 0 Å². The Balaban J connectivity index is 1.90. The van der Waals surface area contributed by atoms with E-state index in [1.54, 1.807) is 6.08 Å². The first-order valence-corrected chi connectivity index (χ1v) is 9.33. The van der Waals surface area contributed by atoms with Gasteiger partial charge in [-0.3, -0.25) is 4.79 Å². The lowest BCUT2D eigenvalue weighted by molar-refractivity contribution is -0.132. The Hall–Kier alpha value is -1.08. The number of amides is 1. The van der Waals surface area contributed by atoms with Gasteiger partial charge < -0.3 is 10.2 Å². The summed E-state index contributed by atoms with van der Waals surface area (Å²) in [6.07, 6.45) is 2.99. The van der Waals surface area contributed by atoms with Crippen LogP contribution in [0.2, 0.25) is 0 Å². The molecule has 0 bridgehead atoms. The fourth-order valence-corrected chi connectivity index (χ4v) is 4.78. The molecule has 1 aliphatic heterocycles. The van der Waals surface area contributed by atoms with E-state index in [4.69, 9.17) is 0 Å². The second kappa shape index (κ2) is 7.97. The van der Waals surface area contributed by atoms with Gasteiger partial charge in [0.15, 0.2) is 4.34 Å². The van der Waals surface area contributed by atoms with Crippen molar-refractivity contribution in [1.29, 1.82) is 0 Å². The van der Waals surface area contributed by atoms with Crippen molar-refractivity contribution < 1.29 is 4.79 Å². The van der Waals surface area contributed by atoms with E-state index in [-0.39, 0.29) is 11.2 Å². The fraction of sp³-hybridized carbons (Fsp3) is 0.667. The number of rotatable bonds is 6. The van der Waals surface area contributed by atoms with Crippen molar-refractivity contribution in [2.45, 2.75) is 36.8 Å². The van der Waals surface area contributed by atoms with Crippen LogP contribution in [0.5, 0.6) is 0 Å². The molecule has 22 heavy (non-hydrogen) atoms. The minimum Gasteiger partial charge on any atom is -0.357 e. The maximum atomic E-state index is 12.6. The summed E-state index contributed by atoms with van der Waals surface area (Å²) in [6, 6.07) is 0. The molecule has 0 spiro atoms. The molecule has 0 aromatic carbocycles. The highest BCUT2D eigenvalue weighted by Gasteiger charge is 2.29. The van der Waals surface area contributed by atoms with E-state index < -0.39 is 0 Å². The summed E-state index contributed by atoms with van der Waals surface area (Å²) in [5.74, 6) is 1.38. The van der Waals surface area contributed by atoms with E-state index in [1.165, 1.54) is 29.5 Å². The van der Waals surface area contributed by atoms with Gasteiger partial charge in [-0.1, -0.05) is 43.0 Å². The molecule has 122 valence electrons. The zero-order valence-electron chi connectivity index (χ0n) is 13.4. The first-order valence-electron chi connectivity index (χ1n) is 7.63. The largest absolute Gasteiger partial charge is 0.357 e. The lowest BCUT2D eigenvalue weighted by atomic mass is 9.92. The summed E-state index contributed by atoms with van der Waals surface area (Å²) in [5.41, 5.74) is 0. The number of anilines is 1. The molecule has 2 rings (SSSR count). The molecular formula is C15H24N4OS2. The standard InChI is InChI=1S/C15H24N4OS2/c1-5-6-16-14-17-18-15(22-14)21-12(4)13(20)19-8-10(2)7-11(3)9-19/h5,10-12H,1,6-9H2,2-4H3,(H,16,17). The number of carbonyl (C=O) groups is 1. The number of hydrogen-bond acceptors (Lipinski definition) is 6. The second-order valence-electron chi connectivity index (χ2n) is 5.99. The van der Waals surface area contributed by atoms with E-state index in [9.17, 15) is 4.79 Å². The SMILES string of the molecule is C=CCNc1nnc(SC(C)C(=O)N2CC(C)CC(C)C2)s1. The van der Waals surface area contributed by atoms with Crippen molar-refractivity contribution in [3.63, 3.8) is 0 Å². The predicted molar refractivity (Wildman–Crippen MR) is 93.4 cm³/mol. The van der Waals surface area contributed by atoms with Crippen molar-refractivity contribution in [2.24, 2.45) is 11.8 Å². The van der Waals surface area contributed by atoms with Gasteiger partial charge in [0.05, 0.1) is 5.25 Å². The van der Waals surface area contributed by atoms with Crippen LogP contribution in [0.4, 0.5) is 5.13 Å². The number of nitrogens with one attached hydrogen (secondary N) is 1. The van der Waals surface area contributed by atoms with E-state index in [2.05, 4.69) is 35.9 Å². The minimum atomic E-state index is -0.127. The number of carbonyl (C=O) groups excluding carboxylic acids is 1. The van der Waals surface area contributed by atoms with Crippen molar-refractivity contribution in [3.8, 4) is 0 Å².